The zero-order valence-corrected chi connectivity index (χ0v) is 8.74. The molecule has 1 saturated heterocycles. The van der Waals surface area contributed by atoms with Crippen molar-refractivity contribution in [3.63, 3.8) is 0 Å². The van der Waals surface area contributed by atoms with Gasteiger partial charge in [-0.2, -0.15) is 11.8 Å². The second-order valence-corrected chi connectivity index (χ2v) is 4.59. The van der Waals surface area contributed by atoms with Crippen LogP contribution in [0.25, 0.3) is 0 Å². The molecule has 0 aromatic heterocycles. The number of nitrogens with zero attached hydrogens (tertiary/aromatic N) is 2. The molecule has 0 aromatic rings. The first kappa shape index (κ1) is 9.36. The molecule has 0 N–H and O–H groups in total. The fraction of sp³-hybridized carbons (Fsp3) is 1.00. The molecule has 1 fully saturated rings. The fourth-order valence-corrected chi connectivity index (χ4v) is 2.71. The van der Waals surface area contributed by atoms with E-state index in [1.807, 2.05) is 11.8 Å². The summed E-state index contributed by atoms with van der Waals surface area (Å²) in [5.41, 5.74) is 0.466. The summed E-state index contributed by atoms with van der Waals surface area (Å²) in [6, 6.07) is 0. The normalized spacial score (nSPS) is 23.7. The average Bonchev–Trinajstić information content (AvgIpc) is 1.84. The van der Waals surface area contributed by atoms with Gasteiger partial charge in [0.1, 0.15) is 0 Å². The van der Waals surface area contributed by atoms with Crippen LogP contribution in [-0.4, -0.2) is 61.6 Å². The standard InChI is InChI=1S/C8H18N2S/c1-9(2)8(7-11-4)5-10(3)6-8/h5-7H2,1-4H3. The number of likely N-dealkylation sites (N-methyl/N-ethyl adjacent to an activating group) is 2. The Balaban J connectivity index is 2.46. The third kappa shape index (κ3) is 1.71. The number of hydrogen-bond acceptors (Lipinski definition) is 3. The fourth-order valence-electron chi connectivity index (χ4n) is 1.73. The quantitative estimate of drug-likeness (QED) is 0.618. The van der Waals surface area contributed by atoms with Crippen molar-refractivity contribution >= 4 is 11.8 Å². The minimum Gasteiger partial charge on any atom is -0.303 e. The zero-order valence-electron chi connectivity index (χ0n) is 7.92. The molecule has 2 nitrogen and oxygen atoms in total. The van der Waals surface area contributed by atoms with Crippen LogP contribution < -0.4 is 0 Å². The van der Waals surface area contributed by atoms with E-state index in [0.29, 0.717) is 5.54 Å². The molecule has 3 heteroatoms. The molecule has 0 atom stereocenters. The topological polar surface area (TPSA) is 6.48 Å². The summed E-state index contributed by atoms with van der Waals surface area (Å²) in [6.45, 7) is 2.45. The molecule has 0 aliphatic carbocycles. The van der Waals surface area contributed by atoms with Crippen LogP contribution in [0.4, 0.5) is 0 Å². The Morgan fingerprint density at radius 2 is 2.00 bits per heavy atom. The van der Waals surface area contributed by atoms with E-state index in [1.54, 1.807) is 0 Å². The van der Waals surface area contributed by atoms with Crippen LogP contribution in [0.3, 0.4) is 0 Å². The van der Waals surface area contributed by atoms with Crippen molar-refractivity contribution in [2.75, 3.05) is 46.2 Å². The van der Waals surface area contributed by atoms with E-state index < -0.39 is 0 Å². The van der Waals surface area contributed by atoms with Gasteiger partial charge in [-0.1, -0.05) is 0 Å². The van der Waals surface area contributed by atoms with Gasteiger partial charge in [-0.15, -0.1) is 0 Å². The van der Waals surface area contributed by atoms with Gasteiger partial charge in [0.2, 0.25) is 0 Å². The lowest BCUT2D eigenvalue weighted by Crippen LogP contribution is -2.68. The van der Waals surface area contributed by atoms with Gasteiger partial charge < -0.3 is 9.80 Å². The molecule has 0 spiro atoms. The Kier molecular flexibility index (Phi) is 2.84. The van der Waals surface area contributed by atoms with E-state index >= 15 is 0 Å². The maximum absolute atomic E-state index is 2.37. The van der Waals surface area contributed by atoms with Gasteiger partial charge in [0, 0.05) is 18.8 Å². The monoisotopic (exact) mass is 174 g/mol. The summed E-state index contributed by atoms with van der Waals surface area (Å²) in [5, 5.41) is 0. The van der Waals surface area contributed by atoms with Crippen LogP contribution >= 0.6 is 11.8 Å². The third-order valence-electron chi connectivity index (χ3n) is 2.49. The first-order chi connectivity index (χ1) is 5.10. The lowest BCUT2D eigenvalue weighted by molar-refractivity contribution is 0.00581. The van der Waals surface area contributed by atoms with Crippen LogP contribution in [-0.2, 0) is 0 Å². The number of hydrogen-bond donors (Lipinski definition) is 0. The molecule has 1 rings (SSSR count). The van der Waals surface area contributed by atoms with Crippen molar-refractivity contribution in [3.8, 4) is 0 Å². The molecule has 0 unspecified atom stereocenters. The highest BCUT2D eigenvalue weighted by Crippen LogP contribution is 2.27. The summed E-state index contributed by atoms with van der Waals surface area (Å²) < 4.78 is 0. The summed E-state index contributed by atoms with van der Waals surface area (Å²) >= 11 is 1.95. The number of thioether (sulfide) groups is 1. The summed E-state index contributed by atoms with van der Waals surface area (Å²) in [5.74, 6) is 1.25. The molecular weight excluding hydrogens is 156 g/mol. The van der Waals surface area contributed by atoms with Crippen molar-refractivity contribution in [2.45, 2.75) is 5.54 Å². The maximum Gasteiger partial charge on any atom is 0.0548 e. The van der Waals surface area contributed by atoms with E-state index in [-0.39, 0.29) is 0 Å². The number of likely N-dealkylation sites (tertiary alicyclic amines) is 1. The molecule has 1 aliphatic rings. The van der Waals surface area contributed by atoms with Crippen molar-refractivity contribution in [2.24, 2.45) is 0 Å². The summed E-state index contributed by atoms with van der Waals surface area (Å²) in [6.07, 6.45) is 2.18. The molecule has 0 saturated carbocycles. The molecule has 1 aliphatic heterocycles. The van der Waals surface area contributed by atoms with Gasteiger partial charge in [0.15, 0.2) is 0 Å². The van der Waals surface area contributed by atoms with E-state index in [2.05, 4.69) is 37.2 Å². The zero-order chi connectivity index (χ0) is 8.48. The second-order valence-electron chi connectivity index (χ2n) is 3.72. The van der Waals surface area contributed by atoms with Gasteiger partial charge in [-0.3, -0.25) is 0 Å². The van der Waals surface area contributed by atoms with Gasteiger partial charge >= 0.3 is 0 Å². The van der Waals surface area contributed by atoms with Gasteiger partial charge in [0.05, 0.1) is 5.54 Å². The van der Waals surface area contributed by atoms with E-state index in [1.165, 1.54) is 18.8 Å². The Bertz CT molecular complexity index is 125. The molecule has 0 bridgehead atoms. The van der Waals surface area contributed by atoms with E-state index in [4.69, 9.17) is 0 Å². The Morgan fingerprint density at radius 3 is 2.27 bits per heavy atom. The first-order valence-corrected chi connectivity index (χ1v) is 5.35. The van der Waals surface area contributed by atoms with Crippen molar-refractivity contribution < 1.29 is 0 Å². The first-order valence-electron chi connectivity index (χ1n) is 3.96. The average molecular weight is 174 g/mol. The van der Waals surface area contributed by atoms with Crippen molar-refractivity contribution in [3.05, 3.63) is 0 Å². The van der Waals surface area contributed by atoms with Crippen LogP contribution in [0, 0.1) is 0 Å². The smallest absolute Gasteiger partial charge is 0.0548 e. The largest absolute Gasteiger partial charge is 0.303 e. The van der Waals surface area contributed by atoms with Crippen molar-refractivity contribution in [1.29, 1.82) is 0 Å². The minimum absolute atomic E-state index is 0.466. The maximum atomic E-state index is 2.37. The molecule has 0 aromatic carbocycles. The highest BCUT2D eigenvalue weighted by atomic mass is 32.2. The number of rotatable bonds is 3. The molecule has 11 heavy (non-hydrogen) atoms. The highest BCUT2D eigenvalue weighted by Gasteiger charge is 2.42. The molecular formula is C8H18N2S. The lowest BCUT2D eigenvalue weighted by Gasteiger charge is -2.52. The van der Waals surface area contributed by atoms with E-state index in [0.717, 1.165) is 0 Å². The second kappa shape index (κ2) is 3.33. The predicted octanol–water partition coefficient (Wildman–Crippen LogP) is 0.595. The minimum atomic E-state index is 0.466. The van der Waals surface area contributed by atoms with Crippen LogP contribution in [0.5, 0.6) is 0 Å². The molecule has 1 heterocycles. The van der Waals surface area contributed by atoms with E-state index in [9.17, 15) is 0 Å². The Labute approximate surface area is 73.9 Å². The third-order valence-corrected chi connectivity index (χ3v) is 3.32. The van der Waals surface area contributed by atoms with Gasteiger partial charge in [0.25, 0.3) is 0 Å². The molecule has 66 valence electrons. The molecule has 0 amide bonds. The Hall–Kier alpha value is 0.270. The lowest BCUT2D eigenvalue weighted by atomic mass is 9.91. The van der Waals surface area contributed by atoms with Crippen LogP contribution in [0.2, 0.25) is 0 Å². The van der Waals surface area contributed by atoms with Gasteiger partial charge in [-0.25, -0.2) is 0 Å². The van der Waals surface area contributed by atoms with Crippen molar-refractivity contribution in [1.82, 2.24) is 9.80 Å². The Morgan fingerprint density at radius 1 is 1.45 bits per heavy atom. The highest BCUT2D eigenvalue weighted by molar-refractivity contribution is 7.98. The SMILES string of the molecule is CSCC1(N(C)C)CN(C)C1. The van der Waals surface area contributed by atoms with Crippen LogP contribution in [0.15, 0.2) is 0 Å². The summed E-state index contributed by atoms with van der Waals surface area (Å²) in [4.78, 5) is 4.74. The summed E-state index contributed by atoms with van der Waals surface area (Å²) in [7, 11) is 6.55. The van der Waals surface area contributed by atoms with Crippen LogP contribution in [0.1, 0.15) is 0 Å². The predicted molar refractivity (Wildman–Crippen MR) is 52.3 cm³/mol. The molecule has 0 radical (unpaired) electrons. The van der Waals surface area contributed by atoms with Gasteiger partial charge in [-0.05, 0) is 27.4 Å².